The molecule has 2 aromatic rings. The van der Waals surface area contributed by atoms with E-state index in [4.69, 9.17) is 26.8 Å². The molecule has 6 heteroatoms. The molecule has 2 rings (SSSR count). The molecule has 0 spiro atoms. The Morgan fingerprint density at radius 2 is 1.87 bits per heavy atom. The Hall–Kier alpha value is -2.40. The molecule has 0 saturated carbocycles. The van der Waals surface area contributed by atoms with Crippen molar-refractivity contribution in [3.63, 3.8) is 0 Å². The van der Waals surface area contributed by atoms with E-state index in [0.717, 1.165) is 22.7 Å². The summed E-state index contributed by atoms with van der Waals surface area (Å²) in [4.78, 5) is 4.31. The zero-order chi connectivity index (χ0) is 16.7. The van der Waals surface area contributed by atoms with Gasteiger partial charge >= 0.3 is 0 Å². The molecule has 0 bridgehead atoms. The molecule has 122 valence electrons. The van der Waals surface area contributed by atoms with Gasteiger partial charge in [0, 0.05) is 23.3 Å². The third-order valence-electron chi connectivity index (χ3n) is 3.27. The molecule has 0 radical (unpaired) electrons. The molecular formula is C17H20ClN3O2. The van der Waals surface area contributed by atoms with Gasteiger partial charge in [-0.25, -0.2) is 0 Å². The molecule has 2 aromatic carbocycles. The Morgan fingerprint density at radius 1 is 1.13 bits per heavy atom. The summed E-state index contributed by atoms with van der Waals surface area (Å²) in [6.45, 7) is 0.537. The van der Waals surface area contributed by atoms with E-state index in [1.54, 1.807) is 20.3 Å². The zero-order valence-electron chi connectivity index (χ0n) is 13.2. The number of hydrogen-bond donors (Lipinski definition) is 2. The van der Waals surface area contributed by atoms with Crippen molar-refractivity contribution in [1.29, 1.82) is 0 Å². The Morgan fingerprint density at radius 3 is 2.57 bits per heavy atom. The molecule has 0 saturated heterocycles. The second-order valence-corrected chi connectivity index (χ2v) is 5.24. The van der Waals surface area contributed by atoms with Crippen LogP contribution in [0.1, 0.15) is 5.56 Å². The largest absolute Gasteiger partial charge is 0.497 e. The van der Waals surface area contributed by atoms with E-state index in [0.29, 0.717) is 23.9 Å². The first-order chi connectivity index (χ1) is 11.1. The van der Waals surface area contributed by atoms with E-state index < -0.39 is 0 Å². The predicted molar refractivity (Wildman–Crippen MR) is 94.8 cm³/mol. The summed E-state index contributed by atoms with van der Waals surface area (Å²) in [6.07, 6.45) is 0.698. The van der Waals surface area contributed by atoms with E-state index >= 15 is 0 Å². The maximum atomic E-state index is 6.20. The van der Waals surface area contributed by atoms with Crippen molar-refractivity contribution in [2.45, 2.75) is 6.42 Å². The lowest BCUT2D eigenvalue weighted by atomic mass is 10.1. The van der Waals surface area contributed by atoms with Gasteiger partial charge in [0.25, 0.3) is 0 Å². The average Bonchev–Trinajstić information content (AvgIpc) is 2.56. The van der Waals surface area contributed by atoms with Gasteiger partial charge in [-0.15, -0.1) is 0 Å². The predicted octanol–water partition coefficient (Wildman–Crippen LogP) is 3.33. The Bertz CT molecular complexity index is 689. The first kappa shape index (κ1) is 17.0. The molecule has 0 unspecified atom stereocenters. The number of halogens is 1. The fourth-order valence-corrected chi connectivity index (χ4v) is 2.31. The highest BCUT2D eigenvalue weighted by atomic mass is 35.5. The van der Waals surface area contributed by atoms with Crippen LogP contribution >= 0.6 is 11.6 Å². The van der Waals surface area contributed by atoms with Crippen LogP contribution in [0.5, 0.6) is 11.5 Å². The van der Waals surface area contributed by atoms with Crippen LogP contribution in [-0.4, -0.2) is 26.7 Å². The van der Waals surface area contributed by atoms with Gasteiger partial charge in [0.2, 0.25) is 0 Å². The molecule has 0 fully saturated rings. The SMILES string of the molecule is COc1cccc(NC(N)=NCCc2ccc(OC)cc2Cl)c1. The second-order valence-electron chi connectivity index (χ2n) is 4.83. The lowest BCUT2D eigenvalue weighted by Crippen LogP contribution is -2.23. The van der Waals surface area contributed by atoms with Crippen molar-refractivity contribution in [1.82, 2.24) is 0 Å². The summed E-state index contributed by atoms with van der Waals surface area (Å²) in [5, 5.41) is 3.70. The van der Waals surface area contributed by atoms with Crippen LogP contribution < -0.4 is 20.5 Å². The number of nitrogens with two attached hydrogens (primary N) is 1. The normalized spacial score (nSPS) is 11.2. The summed E-state index contributed by atoms with van der Waals surface area (Å²) < 4.78 is 10.3. The summed E-state index contributed by atoms with van der Waals surface area (Å²) in [7, 11) is 3.23. The second kappa shape index (κ2) is 8.29. The number of benzene rings is 2. The fourth-order valence-electron chi connectivity index (χ4n) is 2.04. The molecule has 0 atom stereocenters. The number of anilines is 1. The topological polar surface area (TPSA) is 68.9 Å². The third kappa shape index (κ3) is 5.07. The minimum Gasteiger partial charge on any atom is -0.497 e. The fraction of sp³-hybridized carbons (Fsp3) is 0.235. The Labute approximate surface area is 141 Å². The summed E-state index contributed by atoms with van der Waals surface area (Å²) in [5.41, 5.74) is 7.72. The smallest absolute Gasteiger partial charge is 0.193 e. The summed E-state index contributed by atoms with van der Waals surface area (Å²) in [5.74, 6) is 1.84. The van der Waals surface area contributed by atoms with Crippen molar-refractivity contribution in [2.24, 2.45) is 10.7 Å². The number of hydrogen-bond acceptors (Lipinski definition) is 3. The maximum Gasteiger partial charge on any atom is 0.193 e. The molecule has 5 nitrogen and oxygen atoms in total. The first-order valence-electron chi connectivity index (χ1n) is 7.16. The lowest BCUT2D eigenvalue weighted by Gasteiger charge is -2.08. The molecule has 0 amide bonds. The van der Waals surface area contributed by atoms with Gasteiger partial charge in [0.15, 0.2) is 5.96 Å². The van der Waals surface area contributed by atoms with Crippen molar-refractivity contribution in [3.05, 3.63) is 53.1 Å². The van der Waals surface area contributed by atoms with E-state index in [-0.39, 0.29) is 0 Å². The number of nitrogens with zero attached hydrogens (tertiary/aromatic N) is 1. The zero-order valence-corrected chi connectivity index (χ0v) is 13.9. The van der Waals surface area contributed by atoms with Gasteiger partial charge in [0.1, 0.15) is 11.5 Å². The molecule has 0 heterocycles. The number of nitrogens with one attached hydrogen (secondary N) is 1. The van der Waals surface area contributed by atoms with Gasteiger partial charge in [-0.1, -0.05) is 23.7 Å². The number of methoxy groups -OCH3 is 2. The van der Waals surface area contributed by atoms with Gasteiger partial charge in [-0.2, -0.15) is 0 Å². The van der Waals surface area contributed by atoms with Gasteiger partial charge in [0.05, 0.1) is 14.2 Å². The minimum atomic E-state index is 0.350. The summed E-state index contributed by atoms with van der Waals surface area (Å²) in [6, 6.07) is 13.1. The summed E-state index contributed by atoms with van der Waals surface area (Å²) >= 11 is 6.20. The number of guanidine groups is 1. The molecular weight excluding hydrogens is 314 g/mol. The van der Waals surface area contributed by atoms with Crippen LogP contribution in [0.4, 0.5) is 5.69 Å². The Balaban J connectivity index is 1.92. The maximum absolute atomic E-state index is 6.20. The van der Waals surface area contributed by atoms with E-state index in [1.165, 1.54) is 0 Å². The standard InChI is InChI=1S/C17H20ClN3O2/c1-22-14-5-3-4-13(10-14)21-17(19)20-9-8-12-6-7-15(23-2)11-16(12)18/h3-7,10-11H,8-9H2,1-2H3,(H3,19,20,21). The van der Waals surface area contributed by atoms with Crippen molar-refractivity contribution < 1.29 is 9.47 Å². The van der Waals surface area contributed by atoms with Crippen molar-refractivity contribution in [3.8, 4) is 11.5 Å². The van der Waals surface area contributed by atoms with Crippen LogP contribution in [0.25, 0.3) is 0 Å². The first-order valence-corrected chi connectivity index (χ1v) is 7.53. The Kier molecular flexibility index (Phi) is 6.11. The number of rotatable bonds is 6. The van der Waals surface area contributed by atoms with Gasteiger partial charge in [-0.05, 0) is 36.2 Å². The molecule has 0 aliphatic rings. The number of aliphatic imine (C=N–C) groups is 1. The van der Waals surface area contributed by atoms with Crippen molar-refractivity contribution >= 4 is 23.2 Å². The van der Waals surface area contributed by atoms with E-state index in [9.17, 15) is 0 Å². The van der Waals surface area contributed by atoms with E-state index in [1.807, 2.05) is 36.4 Å². The van der Waals surface area contributed by atoms with Crippen LogP contribution in [0.15, 0.2) is 47.5 Å². The molecule has 3 N–H and O–H groups in total. The third-order valence-corrected chi connectivity index (χ3v) is 3.62. The highest BCUT2D eigenvalue weighted by Gasteiger charge is 2.02. The van der Waals surface area contributed by atoms with Gasteiger partial charge in [-0.3, -0.25) is 4.99 Å². The van der Waals surface area contributed by atoms with Gasteiger partial charge < -0.3 is 20.5 Å². The monoisotopic (exact) mass is 333 g/mol. The van der Waals surface area contributed by atoms with Crippen LogP contribution in [0, 0.1) is 0 Å². The van der Waals surface area contributed by atoms with E-state index in [2.05, 4.69) is 10.3 Å². The molecule has 0 aliphatic heterocycles. The molecule has 23 heavy (non-hydrogen) atoms. The quantitative estimate of drug-likeness (QED) is 0.628. The van der Waals surface area contributed by atoms with Crippen LogP contribution in [-0.2, 0) is 6.42 Å². The lowest BCUT2D eigenvalue weighted by molar-refractivity contribution is 0.414. The van der Waals surface area contributed by atoms with Crippen LogP contribution in [0.2, 0.25) is 5.02 Å². The van der Waals surface area contributed by atoms with Crippen LogP contribution in [0.3, 0.4) is 0 Å². The number of ether oxygens (including phenoxy) is 2. The average molecular weight is 334 g/mol. The van der Waals surface area contributed by atoms with Crippen molar-refractivity contribution in [2.75, 3.05) is 26.1 Å². The minimum absolute atomic E-state index is 0.350. The molecule has 0 aliphatic carbocycles. The highest BCUT2D eigenvalue weighted by Crippen LogP contribution is 2.22. The highest BCUT2D eigenvalue weighted by molar-refractivity contribution is 6.31. The molecule has 0 aromatic heterocycles.